The van der Waals surface area contributed by atoms with Crippen molar-refractivity contribution in [2.75, 3.05) is 5.32 Å². The van der Waals surface area contributed by atoms with Crippen LogP contribution in [0.4, 0.5) is 10.1 Å². The summed E-state index contributed by atoms with van der Waals surface area (Å²) in [5, 5.41) is 3.07. The maximum Gasteiger partial charge on any atom is 0.240 e. The molecule has 86 valence electrons. The number of hydrogen-bond acceptors (Lipinski definition) is 2. The van der Waals surface area contributed by atoms with Gasteiger partial charge in [-0.15, -0.1) is 0 Å². The molecule has 1 amide bonds. The Balaban J connectivity index is 2.04. The topological polar surface area (TPSA) is 55.1 Å². The third-order valence-corrected chi connectivity index (χ3v) is 3.09. The zero-order chi connectivity index (χ0) is 11.5. The smallest absolute Gasteiger partial charge is 0.240 e. The van der Waals surface area contributed by atoms with E-state index in [2.05, 4.69) is 5.32 Å². The van der Waals surface area contributed by atoms with Crippen LogP contribution in [0.1, 0.15) is 19.3 Å². The molecule has 0 saturated heterocycles. The predicted octanol–water partition coefficient (Wildman–Crippen LogP) is 1.89. The van der Waals surface area contributed by atoms with Gasteiger partial charge in [-0.05, 0) is 43.0 Å². The van der Waals surface area contributed by atoms with Crippen LogP contribution in [0.3, 0.4) is 0 Å². The molecule has 2 rings (SSSR count). The van der Waals surface area contributed by atoms with E-state index in [-0.39, 0.29) is 17.8 Å². The van der Waals surface area contributed by atoms with E-state index >= 15 is 0 Å². The minimum absolute atomic E-state index is 0.287. The summed E-state index contributed by atoms with van der Waals surface area (Å²) < 4.78 is 12.7. The average Bonchev–Trinajstić information content (AvgIpc) is 2.17. The number of nitrogens with one attached hydrogen (secondary N) is 1. The van der Waals surface area contributed by atoms with Crippen molar-refractivity contribution in [1.82, 2.24) is 0 Å². The van der Waals surface area contributed by atoms with E-state index in [1.807, 2.05) is 0 Å². The van der Waals surface area contributed by atoms with Gasteiger partial charge in [0.1, 0.15) is 11.9 Å². The van der Waals surface area contributed by atoms with Crippen LogP contribution in [-0.4, -0.2) is 11.9 Å². The summed E-state index contributed by atoms with van der Waals surface area (Å²) in [6.07, 6.45) is 3.21. The Morgan fingerprint density at radius 1 is 1.38 bits per heavy atom. The standard InChI is InChI=1S/C12H15FN2O/c13-9-4-6-10(7-5-9)15-11(12(14)16)8-2-1-3-8/h4-8,11,15H,1-3H2,(H2,14,16). The Bertz CT molecular complexity index is 373. The Hall–Kier alpha value is -1.58. The van der Waals surface area contributed by atoms with Crippen molar-refractivity contribution >= 4 is 11.6 Å². The molecule has 1 unspecified atom stereocenters. The van der Waals surface area contributed by atoms with Crippen LogP contribution in [0.15, 0.2) is 24.3 Å². The molecule has 1 saturated carbocycles. The second kappa shape index (κ2) is 4.51. The lowest BCUT2D eigenvalue weighted by atomic mass is 9.79. The lowest BCUT2D eigenvalue weighted by Gasteiger charge is -2.32. The van der Waals surface area contributed by atoms with Crippen LogP contribution >= 0.6 is 0 Å². The van der Waals surface area contributed by atoms with Gasteiger partial charge in [0.05, 0.1) is 0 Å². The lowest BCUT2D eigenvalue weighted by molar-refractivity contribution is -0.120. The van der Waals surface area contributed by atoms with Gasteiger partial charge in [-0.3, -0.25) is 4.79 Å². The van der Waals surface area contributed by atoms with Gasteiger partial charge in [0.15, 0.2) is 0 Å². The molecule has 0 bridgehead atoms. The Kier molecular flexibility index (Phi) is 3.08. The highest BCUT2D eigenvalue weighted by Crippen LogP contribution is 2.31. The molecule has 1 aliphatic rings. The number of rotatable bonds is 4. The van der Waals surface area contributed by atoms with E-state index in [4.69, 9.17) is 5.73 Å². The Morgan fingerprint density at radius 3 is 2.44 bits per heavy atom. The number of hydrogen-bond donors (Lipinski definition) is 2. The Morgan fingerprint density at radius 2 is 2.00 bits per heavy atom. The van der Waals surface area contributed by atoms with Crippen LogP contribution in [0, 0.1) is 11.7 Å². The van der Waals surface area contributed by atoms with Gasteiger partial charge in [-0.2, -0.15) is 0 Å². The number of amides is 1. The first-order chi connectivity index (χ1) is 7.66. The fourth-order valence-corrected chi connectivity index (χ4v) is 1.92. The van der Waals surface area contributed by atoms with Gasteiger partial charge < -0.3 is 11.1 Å². The van der Waals surface area contributed by atoms with Crippen molar-refractivity contribution in [3.63, 3.8) is 0 Å². The van der Waals surface area contributed by atoms with Gasteiger partial charge >= 0.3 is 0 Å². The maximum absolute atomic E-state index is 12.7. The number of carbonyl (C=O) groups excluding carboxylic acids is 1. The number of primary amides is 1. The first kappa shape index (κ1) is 10.9. The summed E-state index contributed by atoms with van der Waals surface area (Å²) in [5.41, 5.74) is 6.08. The summed E-state index contributed by atoms with van der Waals surface area (Å²) in [5.74, 6) is -0.304. The maximum atomic E-state index is 12.7. The molecule has 0 radical (unpaired) electrons. The average molecular weight is 222 g/mol. The summed E-state index contributed by atoms with van der Waals surface area (Å²) in [7, 11) is 0. The highest BCUT2D eigenvalue weighted by atomic mass is 19.1. The summed E-state index contributed by atoms with van der Waals surface area (Å²) in [6, 6.07) is 5.62. The predicted molar refractivity (Wildman–Crippen MR) is 60.3 cm³/mol. The van der Waals surface area contributed by atoms with Crippen molar-refractivity contribution in [2.45, 2.75) is 25.3 Å². The molecule has 1 aliphatic carbocycles. The summed E-state index contributed by atoms with van der Waals surface area (Å²) in [6.45, 7) is 0. The molecule has 4 heteroatoms. The van der Waals surface area contributed by atoms with E-state index in [9.17, 15) is 9.18 Å². The van der Waals surface area contributed by atoms with Gasteiger partial charge in [0.25, 0.3) is 0 Å². The monoisotopic (exact) mass is 222 g/mol. The molecule has 3 nitrogen and oxygen atoms in total. The third kappa shape index (κ3) is 2.32. The molecule has 16 heavy (non-hydrogen) atoms. The molecule has 3 N–H and O–H groups in total. The zero-order valence-corrected chi connectivity index (χ0v) is 8.95. The van der Waals surface area contributed by atoms with Gasteiger partial charge in [0.2, 0.25) is 5.91 Å². The summed E-state index contributed by atoms with van der Waals surface area (Å²) >= 11 is 0. The van der Waals surface area contributed by atoms with E-state index < -0.39 is 0 Å². The van der Waals surface area contributed by atoms with Gasteiger partial charge in [0, 0.05) is 5.69 Å². The molecule has 0 aromatic heterocycles. The molecule has 0 spiro atoms. The molecule has 1 aromatic carbocycles. The van der Waals surface area contributed by atoms with Crippen LogP contribution in [0.5, 0.6) is 0 Å². The summed E-state index contributed by atoms with van der Waals surface area (Å²) in [4.78, 5) is 11.3. The number of anilines is 1. The van der Waals surface area contributed by atoms with Crippen LogP contribution in [0.2, 0.25) is 0 Å². The second-order valence-electron chi connectivity index (χ2n) is 4.22. The molecule has 1 aromatic rings. The SMILES string of the molecule is NC(=O)C(Nc1ccc(F)cc1)C1CCC1. The molecule has 0 heterocycles. The van der Waals surface area contributed by atoms with Crippen molar-refractivity contribution in [3.8, 4) is 0 Å². The largest absolute Gasteiger partial charge is 0.373 e. The fourth-order valence-electron chi connectivity index (χ4n) is 1.92. The van der Waals surface area contributed by atoms with Crippen molar-refractivity contribution < 1.29 is 9.18 Å². The molecule has 0 aliphatic heterocycles. The minimum atomic E-state index is -0.339. The van der Waals surface area contributed by atoms with E-state index in [1.54, 1.807) is 12.1 Å². The zero-order valence-electron chi connectivity index (χ0n) is 8.95. The number of halogens is 1. The van der Waals surface area contributed by atoms with E-state index in [0.717, 1.165) is 24.9 Å². The van der Waals surface area contributed by atoms with E-state index in [1.165, 1.54) is 12.1 Å². The molecule has 1 atom stereocenters. The third-order valence-electron chi connectivity index (χ3n) is 3.09. The van der Waals surface area contributed by atoms with Gasteiger partial charge in [-0.25, -0.2) is 4.39 Å². The highest BCUT2D eigenvalue weighted by molar-refractivity contribution is 5.83. The highest BCUT2D eigenvalue weighted by Gasteiger charge is 2.30. The molecular weight excluding hydrogens is 207 g/mol. The molecular formula is C12H15FN2O. The number of carbonyl (C=O) groups is 1. The lowest BCUT2D eigenvalue weighted by Crippen LogP contribution is -2.44. The Labute approximate surface area is 93.8 Å². The number of benzene rings is 1. The first-order valence-corrected chi connectivity index (χ1v) is 5.48. The van der Waals surface area contributed by atoms with Gasteiger partial charge in [-0.1, -0.05) is 6.42 Å². The van der Waals surface area contributed by atoms with Crippen molar-refractivity contribution in [1.29, 1.82) is 0 Å². The fraction of sp³-hybridized carbons (Fsp3) is 0.417. The van der Waals surface area contributed by atoms with Crippen LogP contribution < -0.4 is 11.1 Å². The minimum Gasteiger partial charge on any atom is -0.373 e. The van der Waals surface area contributed by atoms with Crippen molar-refractivity contribution in [2.24, 2.45) is 11.7 Å². The first-order valence-electron chi connectivity index (χ1n) is 5.48. The number of nitrogens with two attached hydrogens (primary N) is 1. The van der Waals surface area contributed by atoms with Crippen molar-refractivity contribution in [3.05, 3.63) is 30.1 Å². The van der Waals surface area contributed by atoms with E-state index in [0.29, 0.717) is 5.92 Å². The van der Waals surface area contributed by atoms with Crippen LogP contribution in [0.25, 0.3) is 0 Å². The van der Waals surface area contributed by atoms with Crippen LogP contribution in [-0.2, 0) is 4.79 Å². The second-order valence-corrected chi connectivity index (χ2v) is 4.22. The quantitative estimate of drug-likeness (QED) is 0.817. The normalized spacial score (nSPS) is 17.6. The molecule has 1 fully saturated rings.